The second-order valence-electron chi connectivity index (χ2n) is 7.91. The Hall–Kier alpha value is -2.02. The summed E-state index contributed by atoms with van der Waals surface area (Å²) in [7, 11) is 3.01. The van der Waals surface area contributed by atoms with Crippen LogP contribution in [0.5, 0.6) is 0 Å². The minimum Gasteiger partial charge on any atom is -0.324 e. The molecule has 2 aliphatic rings. The molecule has 13 heteroatoms. The molecule has 182 valence electrons. The van der Waals surface area contributed by atoms with Crippen LogP contribution in [0.4, 0.5) is 23.7 Å². The van der Waals surface area contributed by atoms with E-state index in [1.165, 1.54) is 11.9 Å². The molecule has 1 aromatic rings. The van der Waals surface area contributed by atoms with Crippen LogP contribution in [0.2, 0.25) is 5.02 Å². The first kappa shape index (κ1) is 25.6. The summed E-state index contributed by atoms with van der Waals surface area (Å²) in [5.41, 5.74) is -1.07. The monoisotopic (exact) mass is 507 g/mol. The number of fused-ring (bicyclic) bond motifs is 1. The lowest BCUT2D eigenvalue weighted by molar-refractivity contribution is -0.140. The van der Waals surface area contributed by atoms with Crippen molar-refractivity contribution in [3.8, 4) is 0 Å². The number of hydrogen-bond acceptors (Lipinski definition) is 6. The first-order valence-corrected chi connectivity index (χ1v) is 11.7. The van der Waals surface area contributed by atoms with E-state index >= 15 is 0 Å². The van der Waals surface area contributed by atoms with Gasteiger partial charge in [-0.3, -0.25) is 25.1 Å². The zero-order valence-electron chi connectivity index (χ0n) is 18.2. The number of nitrogens with zero attached hydrogens (tertiary/aromatic N) is 2. The van der Waals surface area contributed by atoms with Crippen LogP contribution in [0.3, 0.4) is 0 Å². The molecule has 4 amide bonds. The molecule has 3 rings (SSSR count). The summed E-state index contributed by atoms with van der Waals surface area (Å²) in [6, 6.07) is 2.26. The number of nitrogens with one attached hydrogen (secondary N) is 3. The predicted octanol–water partition coefficient (Wildman–Crippen LogP) is 3.14. The van der Waals surface area contributed by atoms with Crippen molar-refractivity contribution in [1.29, 1.82) is 0 Å². The Kier molecular flexibility index (Phi) is 7.82. The molecule has 0 aliphatic carbocycles. The summed E-state index contributed by atoms with van der Waals surface area (Å²) in [5, 5.41) is 8.49. The molecule has 2 heterocycles. The average molecular weight is 508 g/mol. The summed E-state index contributed by atoms with van der Waals surface area (Å²) < 4.78 is 38.9. The van der Waals surface area contributed by atoms with Crippen LogP contribution in [0.15, 0.2) is 18.2 Å². The molecule has 0 bridgehead atoms. The highest BCUT2D eigenvalue weighted by molar-refractivity contribution is 8.00. The van der Waals surface area contributed by atoms with Crippen molar-refractivity contribution < 1.29 is 27.6 Å². The van der Waals surface area contributed by atoms with Gasteiger partial charge in [0.15, 0.2) is 0 Å². The molecule has 0 spiro atoms. The van der Waals surface area contributed by atoms with Crippen molar-refractivity contribution in [1.82, 2.24) is 20.4 Å². The van der Waals surface area contributed by atoms with Crippen molar-refractivity contribution in [2.24, 2.45) is 5.92 Å². The van der Waals surface area contributed by atoms with E-state index in [2.05, 4.69) is 16.0 Å². The van der Waals surface area contributed by atoms with Gasteiger partial charge in [-0.25, -0.2) is 4.79 Å². The molecule has 0 saturated carbocycles. The summed E-state index contributed by atoms with van der Waals surface area (Å²) >= 11 is 7.10. The van der Waals surface area contributed by atoms with E-state index in [9.17, 15) is 27.6 Å². The molecule has 1 aromatic carbocycles. The maximum Gasteiger partial charge on any atom is 0.416 e. The number of thioether (sulfide) groups is 1. The lowest BCUT2D eigenvalue weighted by Crippen LogP contribution is -2.74. The third kappa shape index (κ3) is 5.56. The second-order valence-corrected chi connectivity index (χ2v) is 9.45. The van der Waals surface area contributed by atoms with Crippen LogP contribution in [0, 0.1) is 5.92 Å². The van der Waals surface area contributed by atoms with Gasteiger partial charge in [0.05, 0.1) is 45.6 Å². The standard InChI is InChI=1S/C20H25ClF3N5O3S/c1-4-5-13-26-16-15(18(31)29(3)19(32)28(16)2)17(27-13)33-9-14(30)25-12-8-10(20(22,23)24)6-7-11(12)21/h6-8,13,15-17,26-27H,4-5,9H2,1-3H3,(H,25,30). The zero-order chi connectivity index (χ0) is 24.5. The number of carbonyl (C=O) groups is 3. The van der Waals surface area contributed by atoms with E-state index < -0.39 is 41.1 Å². The van der Waals surface area contributed by atoms with E-state index in [0.29, 0.717) is 0 Å². The van der Waals surface area contributed by atoms with Gasteiger partial charge < -0.3 is 10.2 Å². The molecule has 2 fully saturated rings. The topological polar surface area (TPSA) is 93.8 Å². The highest BCUT2D eigenvalue weighted by Gasteiger charge is 2.50. The SMILES string of the molecule is CCCC1NC(SCC(=O)Nc2cc(C(F)(F)F)ccc2Cl)C2C(=O)N(C)C(=O)N(C)C2N1. The largest absolute Gasteiger partial charge is 0.416 e. The number of hydrogen-bond donors (Lipinski definition) is 3. The number of rotatable bonds is 6. The zero-order valence-corrected chi connectivity index (χ0v) is 19.8. The fraction of sp³-hybridized carbons (Fsp3) is 0.550. The van der Waals surface area contributed by atoms with Gasteiger partial charge in [0.1, 0.15) is 0 Å². The Morgan fingerprint density at radius 1 is 1.24 bits per heavy atom. The van der Waals surface area contributed by atoms with E-state index in [4.69, 9.17) is 11.6 Å². The molecular formula is C20H25ClF3N5O3S. The molecule has 0 radical (unpaired) electrons. The molecule has 2 aliphatic heterocycles. The Morgan fingerprint density at radius 2 is 1.94 bits per heavy atom. The van der Waals surface area contributed by atoms with Crippen molar-refractivity contribution >= 4 is 46.9 Å². The van der Waals surface area contributed by atoms with E-state index in [1.807, 2.05) is 6.92 Å². The van der Waals surface area contributed by atoms with Crippen LogP contribution in [-0.4, -0.2) is 65.2 Å². The van der Waals surface area contributed by atoms with Gasteiger partial charge in [0.2, 0.25) is 11.8 Å². The number of anilines is 1. The molecule has 2 saturated heterocycles. The highest BCUT2D eigenvalue weighted by Crippen LogP contribution is 2.35. The van der Waals surface area contributed by atoms with E-state index in [1.54, 1.807) is 7.05 Å². The quantitative estimate of drug-likeness (QED) is 0.548. The van der Waals surface area contributed by atoms with Gasteiger partial charge in [-0.2, -0.15) is 13.2 Å². The Balaban J connectivity index is 1.72. The minimum atomic E-state index is -4.57. The first-order chi connectivity index (χ1) is 15.4. The molecular weight excluding hydrogens is 483 g/mol. The van der Waals surface area contributed by atoms with Crippen LogP contribution >= 0.6 is 23.4 Å². The highest BCUT2D eigenvalue weighted by atomic mass is 35.5. The van der Waals surface area contributed by atoms with Gasteiger partial charge >= 0.3 is 12.2 Å². The average Bonchev–Trinajstić information content (AvgIpc) is 2.75. The third-order valence-corrected chi connectivity index (χ3v) is 7.11. The molecule has 4 atom stereocenters. The number of urea groups is 1. The number of carbonyl (C=O) groups excluding carboxylic acids is 3. The number of amides is 4. The fourth-order valence-electron chi connectivity index (χ4n) is 3.87. The van der Waals surface area contributed by atoms with Gasteiger partial charge in [-0.05, 0) is 24.6 Å². The summed E-state index contributed by atoms with van der Waals surface area (Å²) in [4.78, 5) is 40.3. The number of alkyl halides is 3. The molecule has 4 unspecified atom stereocenters. The first-order valence-electron chi connectivity index (χ1n) is 10.3. The second kappa shape index (κ2) is 10.1. The van der Waals surface area contributed by atoms with Gasteiger partial charge in [0, 0.05) is 14.1 Å². The number of halogens is 4. The maximum absolute atomic E-state index is 13.0. The summed E-state index contributed by atoms with van der Waals surface area (Å²) in [6.07, 6.45) is -3.71. The molecule has 33 heavy (non-hydrogen) atoms. The van der Waals surface area contributed by atoms with Gasteiger partial charge in [-0.1, -0.05) is 24.9 Å². The van der Waals surface area contributed by atoms with E-state index in [0.717, 1.165) is 47.7 Å². The Labute approximate surface area is 198 Å². The third-order valence-electron chi connectivity index (χ3n) is 5.56. The van der Waals surface area contributed by atoms with Crippen molar-refractivity contribution in [3.63, 3.8) is 0 Å². The predicted molar refractivity (Wildman–Crippen MR) is 120 cm³/mol. The van der Waals surface area contributed by atoms with E-state index in [-0.39, 0.29) is 28.5 Å². The van der Waals surface area contributed by atoms with Crippen molar-refractivity contribution in [2.75, 3.05) is 25.2 Å². The number of imide groups is 1. The Bertz CT molecular complexity index is 935. The van der Waals surface area contributed by atoms with Gasteiger partial charge in [-0.15, -0.1) is 11.8 Å². The fourth-order valence-corrected chi connectivity index (χ4v) is 5.17. The van der Waals surface area contributed by atoms with Crippen LogP contribution in [-0.2, 0) is 15.8 Å². The lowest BCUT2D eigenvalue weighted by atomic mass is 9.96. The van der Waals surface area contributed by atoms with Crippen LogP contribution in [0.1, 0.15) is 25.3 Å². The Morgan fingerprint density at radius 3 is 2.58 bits per heavy atom. The lowest BCUT2D eigenvalue weighted by Gasteiger charge is -2.50. The van der Waals surface area contributed by atoms with Crippen molar-refractivity contribution in [2.45, 2.75) is 43.6 Å². The normalized spacial score (nSPS) is 25.8. The molecule has 0 aromatic heterocycles. The molecule has 3 N–H and O–H groups in total. The minimum absolute atomic E-state index is 0.0198. The van der Waals surface area contributed by atoms with Gasteiger partial charge in [0.25, 0.3) is 0 Å². The van der Waals surface area contributed by atoms with Crippen LogP contribution in [0.25, 0.3) is 0 Å². The summed E-state index contributed by atoms with van der Waals surface area (Å²) in [5.74, 6) is -1.73. The smallest absolute Gasteiger partial charge is 0.324 e. The number of benzene rings is 1. The summed E-state index contributed by atoms with van der Waals surface area (Å²) in [6.45, 7) is 2.00. The molecule has 8 nitrogen and oxygen atoms in total. The maximum atomic E-state index is 13.0. The van der Waals surface area contributed by atoms with Crippen molar-refractivity contribution in [3.05, 3.63) is 28.8 Å². The van der Waals surface area contributed by atoms with Crippen LogP contribution < -0.4 is 16.0 Å².